The molecule has 0 radical (unpaired) electrons. The zero-order valence-electron chi connectivity index (χ0n) is 24.8. The number of thioether (sulfide) groups is 1. The molecular weight excluding hydrogens is 604 g/mol. The number of piperidine rings is 1. The lowest BCUT2D eigenvalue weighted by Gasteiger charge is -2.51. The number of rotatable bonds is 4. The second-order valence-corrected chi connectivity index (χ2v) is 13.6. The summed E-state index contributed by atoms with van der Waals surface area (Å²) in [6, 6.07) is 24.1. The van der Waals surface area contributed by atoms with Gasteiger partial charge in [-0.1, -0.05) is 48.5 Å². The topological polar surface area (TPSA) is 127 Å². The predicted molar refractivity (Wildman–Crippen MR) is 175 cm³/mol. The normalized spacial score (nSPS) is 28.2. The van der Waals surface area contributed by atoms with Crippen molar-refractivity contribution in [2.75, 3.05) is 31.8 Å². The summed E-state index contributed by atoms with van der Waals surface area (Å²) in [5.41, 5.74) is 0.721. The number of ketones is 2. The molecule has 0 aromatic heterocycles. The van der Waals surface area contributed by atoms with E-state index in [2.05, 4.69) is 9.80 Å². The average Bonchev–Trinajstić information content (AvgIpc) is 3.68. The van der Waals surface area contributed by atoms with Crippen LogP contribution in [0.25, 0.3) is 16.8 Å². The van der Waals surface area contributed by atoms with E-state index in [9.17, 15) is 20.2 Å². The number of nitro benzene ring substituents is 2. The molecular formula is C35H28N4O6S. The zero-order valence-corrected chi connectivity index (χ0v) is 25.6. The van der Waals surface area contributed by atoms with Crippen LogP contribution >= 0.6 is 11.8 Å². The van der Waals surface area contributed by atoms with Crippen LogP contribution in [-0.4, -0.2) is 69.0 Å². The van der Waals surface area contributed by atoms with Gasteiger partial charge in [0.05, 0.1) is 15.3 Å². The molecule has 0 bridgehead atoms. The number of carbonyl (C=O) groups excluding carboxylic acids is 2. The molecule has 230 valence electrons. The number of hydrogen-bond donors (Lipinski definition) is 0. The Bertz CT molecular complexity index is 2020. The van der Waals surface area contributed by atoms with Crippen LogP contribution in [0.1, 0.15) is 33.0 Å². The number of non-ortho nitro benzene ring substituents is 2. The van der Waals surface area contributed by atoms with E-state index in [0.717, 1.165) is 21.9 Å². The van der Waals surface area contributed by atoms with Crippen molar-refractivity contribution in [2.24, 2.45) is 5.41 Å². The summed E-state index contributed by atoms with van der Waals surface area (Å²) in [4.78, 5) is 57.1. The van der Waals surface area contributed by atoms with Gasteiger partial charge in [0.1, 0.15) is 5.54 Å². The van der Waals surface area contributed by atoms with Crippen molar-refractivity contribution >= 4 is 51.6 Å². The van der Waals surface area contributed by atoms with Gasteiger partial charge in [0, 0.05) is 72.1 Å². The first-order valence-electron chi connectivity index (χ1n) is 15.0. The van der Waals surface area contributed by atoms with E-state index < -0.39 is 26.7 Å². The standard InChI is InChI=1S/C35H28N4O6S/c1-36-17-24(16-21-8-12-25(13-9-21)38(42)43)32(40)34(19-36)31(23-10-14-26(15-11-23)39(44)45)29-18-46-20-37(29)35(34)28-7-3-5-22-4-2-6-27(30(22)28)33(35)41/h2-16,29,31H,17-20H2,1H3/b24-16+/t29-,31-,34-,35-/m1/s1. The fourth-order valence-corrected chi connectivity index (χ4v) is 10.1. The van der Waals surface area contributed by atoms with Gasteiger partial charge < -0.3 is 4.90 Å². The first kappa shape index (κ1) is 28.7. The molecule has 3 aliphatic heterocycles. The molecule has 0 N–H and O–H groups in total. The molecule has 4 atom stereocenters. The molecule has 3 saturated heterocycles. The third kappa shape index (κ3) is 3.67. The summed E-state index contributed by atoms with van der Waals surface area (Å²) in [5.74, 6) is 0.583. The van der Waals surface area contributed by atoms with Gasteiger partial charge in [0.2, 0.25) is 0 Å². The van der Waals surface area contributed by atoms with E-state index in [1.165, 1.54) is 24.3 Å². The number of fused-ring (bicyclic) bond motifs is 4. The lowest BCUT2D eigenvalue weighted by atomic mass is 9.55. The number of nitro groups is 2. The molecule has 10 nitrogen and oxygen atoms in total. The summed E-state index contributed by atoms with van der Waals surface area (Å²) in [5, 5.41) is 24.7. The van der Waals surface area contributed by atoms with Crippen molar-refractivity contribution < 1.29 is 19.4 Å². The van der Waals surface area contributed by atoms with Crippen LogP contribution in [0.4, 0.5) is 11.4 Å². The van der Waals surface area contributed by atoms with Crippen molar-refractivity contribution in [1.29, 1.82) is 0 Å². The van der Waals surface area contributed by atoms with Crippen LogP contribution in [0, 0.1) is 25.6 Å². The Morgan fingerprint density at radius 3 is 2.20 bits per heavy atom. The maximum Gasteiger partial charge on any atom is 0.269 e. The fraction of sp³-hybridized carbons (Fsp3) is 0.257. The van der Waals surface area contributed by atoms with Gasteiger partial charge in [0.15, 0.2) is 11.6 Å². The van der Waals surface area contributed by atoms with Crippen molar-refractivity contribution in [3.05, 3.63) is 133 Å². The first-order valence-corrected chi connectivity index (χ1v) is 16.2. The Kier molecular flexibility index (Phi) is 6.34. The van der Waals surface area contributed by atoms with Gasteiger partial charge in [-0.2, -0.15) is 0 Å². The molecule has 4 aliphatic rings. The summed E-state index contributed by atoms with van der Waals surface area (Å²) in [6.07, 6.45) is 1.79. The Hall–Kier alpha value is -4.71. The maximum atomic E-state index is 15.5. The van der Waals surface area contributed by atoms with Gasteiger partial charge in [-0.15, -0.1) is 11.8 Å². The lowest BCUT2D eigenvalue weighted by molar-refractivity contribution is -0.385. The summed E-state index contributed by atoms with van der Waals surface area (Å²) in [6.45, 7) is 0.643. The summed E-state index contributed by atoms with van der Waals surface area (Å²) in [7, 11) is 1.95. The highest BCUT2D eigenvalue weighted by molar-refractivity contribution is 7.99. The number of likely N-dealkylation sites (tertiary alicyclic amines) is 1. The van der Waals surface area contributed by atoms with Gasteiger partial charge in [-0.05, 0) is 52.7 Å². The lowest BCUT2D eigenvalue weighted by Crippen LogP contribution is -2.65. The van der Waals surface area contributed by atoms with Crippen molar-refractivity contribution in [3.8, 4) is 0 Å². The molecule has 4 aromatic rings. The molecule has 11 heteroatoms. The molecule has 46 heavy (non-hydrogen) atoms. The van der Waals surface area contributed by atoms with Crippen molar-refractivity contribution in [1.82, 2.24) is 9.80 Å². The smallest absolute Gasteiger partial charge is 0.269 e. The van der Waals surface area contributed by atoms with Crippen LogP contribution in [0.3, 0.4) is 0 Å². The van der Waals surface area contributed by atoms with Gasteiger partial charge in [-0.3, -0.25) is 34.7 Å². The molecule has 0 amide bonds. The van der Waals surface area contributed by atoms with Crippen molar-refractivity contribution in [2.45, 2.75) is 17.5 Å². The van der Waals surface area contributed by atoms with E-state index in [4.69, 9.17) is 0 Å². The minimum Gasteiger partial charge on any atom is -0.301 e. The molecule has 1 aliphatic carbocycles. The minimum atomic E-state index is -1.31. The van der Waals surface area contributed by atoms with Crippen LogP contribution < -0.4 is 0 Å². The summed E-state index contributed by atoms with van der Waals surface area (Å²) < 4.78 is 0. The number of likely N-dealkylation sites (N-methyl/N-ethyl adjacent to an activating group) is 1. The SMILES string of the molecule is CN1C/C(=C\c2ccc([N+](=O)[O-])cc2)C(=O)[C@@]2(C1)[C@H](c1ccc([N+](=O)[O-])cc1)[C@H]1CSCN1[C@]21C(=O)c2cccc3cccc1c23. The van der Waals surface area contributed by atoms with E-state index in [0.29, 0.717) is 41.4 Å². The highest BCUT2D eigenvalue weighted by atomic mass is 32.2. The van der Waals surface area contributed by atoms with Crippen LogP contribution in [0.2, 0.25) is 0 Å². The number of nitrogens with zero attached hydrogens (tertiary/aromatic N) is 4. The Labute approximate surface area is 268 Å². The molecule has 0 unspecified atom stereocenters. The molecule has 3 heterocycles. The minimum absolute atomic E-state index is 0.0388. The van der Waals surface area contributed by atoms with Crippen LogP contribution in [0.15, 0.2) is 90.5 Å². The average molecular weight is 633 g/mol. The number of carbonyl (C=O) groups is 2. The van der Waals surface area contributed by atoms with Crippen molar-refractivity contribution in [3.63, 3.8) is 0 Å². The third-order valence-electron chi connectivity index (χ3n) is 10.3. The highest BCUT2D eigenvalue weighted by Crippen LogP contribution is 2.69. The van der Waals surface area contributed by atoms with E-state index >= 15 is 9.59 Å². The fourth-order valence-electron chi connectivity index (χ4n) is 8.80. The molecule has 3 fully saturated rings. The number of hydrogen-bond acceptors (Lipinski definition) is 9. The Morgan fingerprint density at radius 2 is 1.52 bits per heavy atom. The molecule has 8 rings (SSSR count). The Balaban J connectivity index is 1.41. The molecule has 4 aromatic carbocycles. The van der Waals surface area contributed by atoms with Gasteiger partial charge in [0.25, 0.3) is 11.4 Å². The maximum absolute atomic E-state index is 15.5. The largest absolute Gasteiger partial charge is 0.301 e. The van der Waals surface area contributed by atoms with Gasteiger partial charge in [-0.25, -0.2) is 0 Å². The highest BCUT2D eigenvalue weighted by Gasteiger charge is 2.78. The zero-order chi connectivity index (χ0) is 32.0. The predicted octanol–water partition coefficient (Wildman–Crippen LogP) is 5.80. The Morgan fingerprint density at radius 1 is 0.870 bits per heavy atom. The second kappa shape index (κ2) is 10.1. The third-order valence-corrected chi connectivity index (χ3v) is 11.4. The number of benzene rings is 4. The number of Topliss-reactive ketones (excluding diaryl/α,β-unsaturated/α-hetero) is 2. The molecule has 2 spiro atoms. The first-order chi connectivity index (χ1) is 22.2. The van der Waals surface area contributed by atoms with Crippen LogP contribution in [-0.2, 0) is 10.3 Å². The monoisotopic (exact) mass is 632 g/mol. The quantitative estimate of drug-likeness (QED) is 0.156. The van der Waals surface area contributed by atoms with Gasteiger partial charge >= 0.3 is 0 Å². The van der Waals surface area contributed by atoms with E-state index in [-0.39, 0.29) is 29.0 Å². The molecule has 0 saturated carbocycles. The van der Waals surface area contributed by atoms with E-state index in [1.807, 2.05) is 43.4 Å². The van der Waals surface area contributed by atoms with Crippen LogP contribution in [0.5, 0.6) is 0 Å². The van der Waals surface area contributed by atoms with E-state index in [1.54, 1.807) is 42.1 Å². The second-order valence-electron chi connectivity index (χ2n) is 12.6. The summed E-state index contributed by atoms with van der Waals surface area (Å²) >= 11 is 1.73.